The molecule has 5 nitrogen and oxygen atoms in total. The quantitative estimate of drug-likeness (QED) is 0.565. The molecule has 0 heterocycles. The monoisotopic (exact) mass is 329 g/mol. The summed E-state index contributed by atoms with van der Waals surface area (Å²) in [6.45, 7) is 1.47. The van der Waals surface area contributed by atoms with E-state index in [0.29, 0.717) is 36.8 Å². The smallest absolute Gasteiger partial charge is 0.345 e. The molecule has 0 bridgehead atoms. The van der Waals surface area contributed by atoms with Gasteiger partial charge in [0.15, 0.2) is 0 Å². The Bertz CT molecular complexity index is 643. The van der Waals surface area contributed by atoms with Crippen molar-refractivity contribution in [3.8, 4) is 11.5 Å². The van der Waals surface area contributed by atoms with Gasteiger partial charge < -0.3 is 19.9 Å². The van der Waals surface area contributed by atoms with Crippen LogP contribution in [0.25, 0.3) is 0 Å². The third-order valence-corrected chi connectivity index (χ3v) is 3.47. The van der Waals surface area contributed by atoms with Crippen LogP contribution in [0.2, 0.25) is 0 Å². The third-order valence-electron chi connectivity index (χ3n) is 3.47. The van der Waals surface area contributed by atoms with E-state index in [4.69, 9.17) is 19.9 Å². The van der Waals surface area contributed by atoms with Crippen molar-refractivity contribution in [2.45, 2.75) is 19.4 Å². The first kappa shape index (κ1) is 17.8. The molecule has 0 aliphatic carbocycles. The third kappa shape index (κ3) is 4.99. The van der Waals surface area contributed by atoms with Crippen molar-refractivity contribution in [2.24, 2.45) is 5.73 Å². The lowest BCUT2D eigenvalue weighted by atomic mass is 10.1. The van der Waals surface area contributed by atoms with Crippen LogP contribution in [0.3, 0.4) is 0 Å². The summed E-state index contributed by atoms with van der Waals surface area (Å²) in [6, 6.07) is 15.0. The topological polar surface area (TPSA) is 70.8 Å². The number of hydrogen-bond donors (Lipinski definition) is 1. The fourth-order valence-corrected chi connectivity index (χ4v) is 2.22. The Labute approximate surface area is 142 Å². The van der Waals surface area contributed by atoms with Gasteiger partial charge in [-0.3, -0.25) is 0 Å². The number of unbranched alkanes of at least 4 members (excludes halogenated alkanes) is 1. The molecule has 0 aliphatic rings. The Balaban J connectivity index is 2.14. The first-order valence-electron chi connectivity index (χ1n) is 7.97. The highest BCUT2D eigenvalue weighted by Gasteiger charge is 2.19. The number of rotatable bonds is 9. The van der Waals surface area contributed by atoms with Crippen LogP contribution in [-0.4, -0.2) is 26.2 Å². The van der Waals surface area contributed by atoms with Crippen LogP contribution >= 0.6 is 0 Å². The normalized spacial score (nSPS) is 10.2. The average Bonchev–Trinajstić information content (AvgIpc) is 2.63. The van der Waals surface area contributed by atoms with E-state index in [-0.39, 0.29) is 0 Å². The van der Waals surface area contributed by atoms with E-state index in [9.17, 15) is 4.79 Å². The molecule has 0 aromatic heterocycles. The van der Waals surface area contributed by atoms with E-state index < -0.39 is 5.97 Å². The lowest BCUT2D eigenvalue weighted by Crippen LogP contribution is -2.10. The molecule has 2 aromatic rings. The van der Waals surface area contributed by atoms with Gasteiger partial charge in [0, 0.05) is 0 Å². The van der Waals surface area contributed by atoms with Crippen LogP contribution in [0.5, 0.6) is 11.5 Å². The summed E-state index contributed by atoms with van der Waals surface area (Å²) in [5, 5.41) is 0. The highest BCUT2D eigenvalue weighted by molar-refractivity contribution is 5.95. The minimum Gasteiger partial charge on any atom is -0.493 e. The standard InChI is InChI=1S/C19H23NO4/c1-22-19(21)18-16(23-13-6-5-12-20)10-7-11-17(18)24-14-15-8-3-2-4-9-15/h2-4,7-11H,5-6,12-14,20H2,1H3. The molecule has 2 rings (SSSR count). The second-order valence-electron chi connectivity index (χ2n) is 5.24. The molecule has 24 heavy (non-hydrogen) atoms. The van der Waals surface area contributed by atoms with Gasteiger partial charge in [0.2, 0.25) is 0 Å². The van der Waals surface area contributed by atoms with Crippen LogP contribution in [0.15, 0.2) is 48.5 Å². The number of methoxy groups -OCH3 is 1. The fourth-order valence-electron chi connectivity index (χ4n) is 2.22. The van der Waals surface area contributed by atoms with Crippen LogP contribution in [-0.2, 0) is 11.3 Å². The van der Waals surface area contributed by atoms with Crippen LogP contribution in [0.4, 0.5) is 0 Å². The average molecular weight is 329 g/mol. The number of esters is 1. The second-order valence-corrected chi connectivity index (χ2v) is 5.24. The Hall–Kier alpha value is -2.53. The predicted molar refractivity (Wildman–Crippen MR) is 92.3 cm³/mol. The van der Waals surface area contributed by atoms with Crippen molar-refractivity contribution in [1.29, 1.82) is 0 Å². The summed E-state index contributed by atoms with van der Waals surface area (Å²) in [5.74, 6) is 0.430. The van der Waals surface area contributed by atoms with Gasteiger partial charge in [-0.1, -0.05) is 36.4 Å². The minimum absolute atomic E-state index is 0.309. The molecule has 0 aliphatic heterocycles. The number of carbonyl (C=O) groups excluding carboxylic acids is 1. The molecule has 128 valence electrons. The summed E-state index contributed by atoms with van der Waals surface area (Å²) in [7, 11) is 1.34. The molecule has 5 heteroatoms. The molecular formula is C19H23NO4. The molecule has 0 saturated heterocycles. The van der Waals surface area contributed by atoms with Crippen molar-refractivity contribution in [3.63, 3.8) is 0 Å². The van der Waals surface area contributed by atoms with E-state index in [1.54, 1.807) is 18.2 Å². The van der Waals surface area contributed by atoms with Gasteiger partial charge in [0.1, 0.15) is 23.7 Å². The summed E-state index contributed by atoms with van der Waals surface area (Å²) in [4.78, 5) is 12.2. The van der Waals surface area contributed by atoms with Crippen molar-refractivity contribution in [2.75, 3.05) is 20.3 Å². The Morgan fingerprint density at radius 1 is 0.958 bits per heavy atom. The molecule has 2 aromatic carbocycles. The molecule has 0 amide bonds. The van der Waals surface area contributed by atoms with Crippen molar-refractivity contribution < 1.29 is 19.0 Å². The lowest BCUT2D eigenvalue weighted by molar-refractivity contribution is 0.0590. The van der Waals surface area contributed by atoms with Gasteiger partial charge in [-0.05, 0) is 37.1 Å². The molecule has 0 spiro atoms. The van der Waals surface area contributed by atoms with E-state index in [0.717, 1.165) is 18.4 Å². The fraction of sp³-hybridized carbons (Fsp3) is 0.316. The molecule has 2 N–H and O–H groups in total. The van der Waals surface area contributed by atoms with E-state index >= 15 is 0 Å². The Kier molecular flexibility index (Phi) is 7.11. The summed E-state index contributed by atoms with van der Waals surface area (Å²) in [6.07, 6.45) is 1.70. The molecule has 0 saturated carbocycles. The number of benzene rings is 2. The maximum atomic E-state index is 12.2. The largest absolute Gasteiger partial charge is 0.493 e. The van der Waals surface area contributed by atoms with Crippen LogP contribution < -0.4 is 15.2 Å². The minimum atomic E-state index is -0.479. The first-order valence-corrected chi connectivity index (χ1v) is 7.97. The lowest BCUT2D eigenvalue weighted by Gasteiger charge is -2.15. The molecular weight excluding hydrogens is 306 g/mol. The number of nitrogens with two attached hydrogens (primary N) is 1. The van der Waals surface area contributed by atoms with Crippen LogP contribution in [0.1, 0.15) is 28.8 Å². The summed E-state index contributed by atoms with van der Waals surface area (Å²) < 4.78 is 16.4. The highest BCUT2D eigenvalue weighted by Crippen LogP contribution is 2.30. The van der Waals surface area contributed by atoms with E-state index in [1.807, 2.05) is 30.3 Å². The van der Waals surface area contributed by atoms with Gasteiger partial charge in [-0.15, -0.1) is 0 Å². The number of hydrogen-bond acceptors (Lipinski definition) is 5. The molecule has 0 fully saturated rings. The SMILES string of the molecule is COC(=O)c1c(OCCCCN)cccc1OCc1ccccc1. The summed E-state index contributed by atoms with van der Waals surface area (Å²) >= 11 is 0. The van der Waals surface area contributed by atoms with E-state index in [2.05, 4.69) is 0 Å². The Morgan fingerprint density at radius 2 is 1.67 bits per heavy atom. The molecule has 0 atom stereocenters. The number of carbonyl (C=O) groups is 1. The second kappa shape index (κ2) is 9.57. The zero-order valence-corrected chi connectivity index (χ0v) is 13.9. The first-order chi connectivity index (χ1) is 11.8. The van der Waals surface area contributed by atoms with Crippen molar-refractivity contribution in [1.82, 2.24) is 0 Å². The van der Waals surface area contributed by atoms with Gasteiger partial charge in [-0.25, -0.2) is 4.79 Å². The zero-order valence-electron chi connectivity index (χ0n) is 13.9. The van der Waals surface area contributed by atoms with Gasteiger partial charge in [-0.2, -0.15) is 0 Å². The molecule has 0 unspecified atom stereocenters. The van der Waals surface area contributed by atoms with Gasteiger partial charge in [0.05, 0.1) is 13.7 Å². The van der Waals surface area contributed by atoms with E-state index in [1.165, 1.54) is 7.11 Å². The Morgan fingerprint density at radius 3 is 2.33 bits per heavy atom. The zero-order chi connectivity index (χ0) is 17.2. The van der Waals surface area contributed by atoms with Crippen LogP contribution in [0, 0.1) is 0 Å². The maximum absolute atomic E-state index is 12.2. The summed E-state index contributed by atoms with van der Waals surface area (Å²) in [5.41, 5.74) is 6.80. The highest BCUT2D eigenvalue weighted by atomic mass is 16.5. The van der Waals surface area contributed by atoms with Gasteiger partial charge >= 0.3 is 5.97 Å². The maximum Gasteiger partial charge on any atom is 0.345 e. The predicted octanol–water partition coefficient (Wildman–Crippen LogP) is 3.17. The molecule has 0 radical (unpaired) electrons. The number of ether oxygens (including phenoxy) is 3. The van der Waals surface area contributed by atoms with Crippen molar-refractivity contribution >= 4 is 5.97 Å². The van der Waals surface area contributed by atoms with Crippen molar-refractivity contribution in [3.05, 3.63) is 59.7 Å². The van der Waals surface area contributed by atoms with Gasteiger partial charge in [0.25, 0.3) is 0 Å².